The Morgan fingerprint density at radius 3 is 2.35 bits per heavy atom. The second kappa shape index (κ2) is 7.83. The Kier molecular flexibility index (Phi) is 5.60. The number of amides is 1. The highest BCUT2D eigenvalue weighted by Crippen LogP contribution is 2.51. The number of sulfone groups is 1. The number of fused-ring (bicyclic) bond motifs is 2. The van der Waals surface area contributed by atoms with E-state index < -0.39 is 38.2 Å². The summed E-state index contributed by atoms with van der Waals surface area (Å²) in [4.78, 5) is 12.4. The average Bonchev–Trinajstić information content (AvgIpc) is 2.87. The molecule has 0 radical (unpaired) electrons. The van der Waals surface area contributed by atoms with Gasteiger partial charge >= 0.3 is 0 Å². The fourth-order valence-electron chi connectivity index (χ4n) is 4.84. The molecule has 0 heterocycles. The molecule has 9 heteroatoms. The molecule has 166 valence electrons. The van der Waals surface area contributed by atoms with Crippen LogP contribution in [0.4, 0.5) is 14.5 Å². The Hall–Kier alpha value is -2.03. The van der Waals surface area contributed by atoms with E-state index in [9.17, 15) is 27.1 Å². The molecule has 2 aliphatic carbocycles. The molecule has 0 aliphatic heterocycles. The molecule has 2 bridgehead atoms. The number of carbonyl (C=O) groups is 1. The summed E-state index contributed by atoms with van der Waals surface area (Å²) in [6, 6.07) is 6.84. The van der Waals surface area contributed by atoms with Crippen molar-refractivity contribution in [3.63, 3.8) is 0 Å². The first-order chi connectivity index (χ1) is 14.5. The summed E-state index contributed by atoms with van der Waals surface area (Å²) in [5.74, 6) is -3.02. The van der Waals surface area contributed by atoms with Gasteiger partial charge in [0.05, 0.1) is 20.8 Å². The van der Waals surface area contributed by atoms with Crippen LogP contribution in [0.5, 0.6) is 0 Å². The number of aliphatic hydroxyl groups is 1. The summed E-state index contributed by atoms with van der Waals surface area (Å²) in [6.45, 7) is 1.77. The Labute approximate surface area is 184 Å². The molecule has 2 unspecified atom stereocenters. The fraction of sp³-hybridized carbons (Fsp3) is 0.409. The first kappa shape index (κ1) is 22.2. The molecule has 2 aromatic carbocycles. The molecule has 2 atom stereocenters. The van der Waals surface area contributed by atoms with E-state index in [2.05, 4.69) is 5.32 Å². The smallest absolute Gasteiger partial charge is 0.255 e. The van der Waals surface area contributed by atoms with Crippen molar-refractivity contribution in [1.29, 1.82) is 0 Å². The number of halogens is 3. The molecule has 2 saturated carbocycles. The van der Waals surface area contributed by atoms with E-state index in [0.717, 1.165) is 25.0 Å². The molecule has 31 heavy (non-hydrogen) atoms. The fourth-order valence-corrected chi connectivity index (χ4v) is 7.24. The zero-order chi connectivity index (χ0) is 22.6. The maximum atomic E-state index is 13.4. The van der Waals surface area contributed by atoms with Crippen LogP contribution in [0.3, 0.4) is 0 Å². The highest BCUT2D eigenvalue weighted by molar-refractivity contribution is 7.92. The van der Waals surface area contributed by atoms with Crippen molar-refractivity contribution in [3.05, 3.63) is 58.6 Å². The van der Waals surface area contributed by atoms with Gasteiger partial charge in [0.25, 0.3) is 5.91 Å². The highest BCUT2D eigenvalue weighted by Gasteiger charge is 2.53. The van der Waals surface area contributed by atoms with Gasteiger partial charge in [-0.25, -0.2) is 17.2 Å². The Morgan fingerprint density at radius 1 is 1.10 bits per heavy atom. The molecule has 1 amide bonds. The topological polar surface area (TPSA) is 83.5 Å². The van der Waals surface area contributed by atoms with Gasteiger partial charge in [-0.2, -0.15) is 0 Å². The van der Waals surface area contributed by atoms with Gasteiger partial charge in [0.1, 0.15) is 0 Å². The molecule has 4 rings (SSSR count). The lowest BCUT2D eigenvalue weighted by Crippen LogP contribution is -2.45. The van der Waals surface area contributed by atoms with Gasteiger partial charge < -0.3 is 10.4 Å². The Bertz CT molecular complexity index is 1140. The van der Waals surface area contributed by atoms with E-state index >= 15 is 0 Å². The van der Waals surface area contributed by atoms with Crippen molar-refractivity contribution in [1.82, 2.24) is 0 Å². The number of hydrogen-bond acceptors (Lipinski definition) is 4. The van der Waals surface area contributed by atoms with Crippen LogP contribution in [0.1, 0.15) is 43.0 Å². The van der Waals surface area contributed by atoms with Crippen LogP contribution in [0.15, 0.2) is 41.3 Å². The van der Waals surface area contributed by atoms with Crippen molar-refractivity contribution in [2.24, 2.45) is 11.8 Å². The number of rotatable bonds is 4. The summed E-state index contributed by atoms with van der Waals surface area (Å²) in [5, 5.41) is 12.4. The van der Waals surface area contributed by atoms with Crippen LogP contribution in [0.2, 0.25) is 5.02 Å². The first-order valence-electron chi connectivity index (χ1n) is 10.0. The third-order valence-electron chi connectivity index (χ3n) is 6.73. The quantitative estimate of drug-likeness (QED) is 0.686. The first-order valence-corrected chi connectivity index (χ1v) is 11.9. The zero-order valence-corrected chi connectivity index (χ0v) is 18.3. The van der Waals surface area contributed by atoms with E-state index in [-0.39, 0.29) is 33.0 Å². The summed E-state index contributed by atoms with van der Waals surface area (Å²) < 4.78 is 53.2. The molecule has 2 N–H and O–H groups in total. The van der Waals surface area contributed by atoms with Crippen LogP contribution >= 0.6 is 11.6 Å². The molecule has 2 aliphatic rings. The standard InChI is InChI=1S/C22H22ClF2NO4S/c1-22(28)13-3-4-14(22)10-16(9-13)31(29,30)20-8-12(2-6-17(20)23)21(27)26-15-5-7-18(24)19(25)11-15/h2,5-8,11,13-14,16,28H,3-4,9-10H2,1H3,(H,26,27)/t13?,14?,16-,22-. The molecule has 0 saturated heterocycles. The van der Waals surface area contributed by atoms with E-state index in [0.29, 0.717) is 12.8 Å². The van der Waals surface area contributed by atoms with E-state index in [1.807, 2.05) is 0 Å². The van der Waals surface area contributed by atoms with Gasteiger partial charge in [-0.15, -0.1) is 0 Å². The van der Waals surface area contributed by atoms with Gasteiger partial charge in [0.2, 0.25) is 0 Å². The molecular formula is C22H22ClF2NO4S. The summed E-state index contributed by atoms with van der Waals surface area (Å²) in [6.07, 6.45) is 2.25. The molecular weight excluding hydrogens is 448 g/mol. The molecule has 2 fully saturated rings. The maximum absolute atomic E-state index is 13.4. The Morgan fingerprint density at radius 2 is 1.74 bits per heavy atom. The van der Waals surface area contributed by atoms with Gasteiger partial charge in [-0.1, -0.05) is 11.6 Å². The normalized spacial score (nSPS) is 27.8. The van der Waals surface area contributed by atoms with Crippen molar-refractivity contribution >= 4 is 33.0 Å². The lowest BCUT2D eigenvalue weighted by Gasteiger charge is -2.40. The predicted molar refractivity (Wildman–Crippen MR) is 113 cm³/mol. The minimum absolute atomic E-state index is 0.00839. The van der Waals surface area contributed by atoms with Gasteiger partial charge in [-0.05, 0) is 74.8 Å². The number of anilines is 1. The largest absolute Gasteiger partial charge is 0.390 e. The zero-order valence-electron chi connectivity index (χ0n) is 16.7. The maximum Gasteiger partial charge on any atom is 0.255 e. The van der Waals surface area contributed by atoms with Crippen molar-refractivity contribution in [3.8, 4) is 0 Å². The minimum Gasteiger partial charge on any atom is -0.390 e. The number of hydrogen-bond donors (Lipinski definition) is 2. The number of benzene rings is 2. The second-order valence-electron chi connectivity index (χ2n) is 8.56. The van der Waals surface area contributed by atoms with Crippen LogP contribution in [0, 0.1) is 23.5 Å². The van der Waals surface area contributed by atoms with Gasteiger partial charge in [0.15, 0.2) is 21.5 Å². The van der Waals surface area contributed by atoms with Crippen molar-refractivity contribution in [2.75, 3.05) is 5.32 Å². The summed E-state index contributed by atoms with van der Waals surface area (Å²) in [5.41, 5.74) is -0.796. The summed E-state index contributed by atoms with van der Waals surface area (Å²) >= 11 is 6.20. The lowest BCUT2D eigenvalue weighted by molar-refractivity contribution is -0.0413. The third kappa shape index (κ3) is 3.97. The van der Waals surface area contributed by atoms with Crippen LogP contribution in [-0.2, 0) is 9.84 Å². The van der Waals surface area contributed by atoms with Crippen LogP contribution in [-0.4, -0.2) is 30.3 Å². The molecule has 2 aromatic rings. The third-order valence-corrected chi connectivity index (χ3v) is 9.38. The van der Waals surface area contributed by atoms with Crippen LogP contribution < -0.4 is 5.32 Å². The monoisotopic (exact) mass is 469 g/mol. The van der Waals surface area contributed by atoms with E-state index in [1.165, 1.54) is 24.3 Å². The van der Waals surface area contributed by atoms with E-state index in [1.54, 1.807) is 6.92 Å². The number of carbonyl (C=O) groups excluding carboxylic acids is 1. The SMILES string of the molecule is C[C@]1(O)C2CCC1C[C@@H](S(=O)(=O)c1cc(C(=O)Nc3ccc(F)c(F)c3)ccc1Cl)C2. The van der Waals surface area contributed by atoms with Crippen LogP contribution in [0.25, 0.3) is 0 Å². The van der Waals surface area contributed by atoms with Crippen molar-refractivity contribution in [2.45, 2.75) is 48.4 Å². The average molecular weight is 470 g/mol. The lowest BCUT2D eigenvalue weighted by atomic mass is 9.76. The minimum atomic E-state index is -3.84. The van der Waals surface area contributed by atoms with E-state index in [4.69, 9.17) is 11.6 Å². The highest BCUT2D eigenvalue weighted by atomic mass is 35.5. The predicted octanol–water partition coefficient (Wildman–Crippen LogP) is 4.58. The summed E-state index contributed by atoms with van der Waals surface area (Å²) in [7, 11) is -3.84. The molecule has 5 nitrogen and oxygen atoms in total. The molecule has 0 aromatic heterocycles. The Balaban J connectivity index is 1.60. The molecule has 0 spiro atoms. The van der Waals surface area contributed by atoms with Gasteiger partial charge in [0, 0.05) is 17.3 Å². The number of nitrogens with one attached hydrogen (secondary N) is 1. The second-order valence-corrected chi connectivity index (χ2v) is 11.2. The van der Waals surface area contributed by atoms with Crippen molar-refractivity contribution < 1.29 is 27.1 Å². The van der Waals surface area contributed by atoms with Gasteiger partial charge in [-0.3, -0.25) is 4.79 Å².